The van der Waals surface area contributed by atoms with Crippen LogP contribution in [-0.4, -0.2) is 23.7 Å². The topological polar surface area (TPSA) is 75.4 Å². The van der Waals surface area contributed by atoms with Crippen molar-refractivity contribution in [3.8, 4) is 0 Å². The van der Waals surface area contributed by atoms with Crippen molar-refractivity contribution < 1.29 is 9.90 Å². The van der Waals surface area contributed by atoms with Crippen LogP contribution in [0.3, 0.4) is 0 Å². The maximum atomic E-state index is 12.2. The molecule has 4 heteroatoms. The third-order valence-corrected chi connectivity index (χ3v) is 3.33. The summed E-state index contributed by atoms with van der Waals surface area (Å²) in [6.45, 7) is 0.358. The van der Waals surface area contributed by atoms with Crippen molar-refractivity contribution in [1.29, 1.82) is 0 Å². The average Bonchev–Trinajstić information content (AvgIpc) is 2.55. The second-order valence-electron chi connectivity index (χ2n) is 4.94. The van der Waals surface area contributed by atoms with Gasteiger partial charge >= 0.3 is 0 Å². The van der Waals surface area contributed by atoms with Gasteiger partial charge in [-0.1, -0.05) is 42.5 Å². The zero-order valence-corrected chi connectivity index (χ0v) is 11.8. The number of amides is 1. The Labute approximate surface area is 124 Å². The monoisotopic (exact) mass is 284 g/mol. The predicted octanol–water partition coefficient (Wildman–Crippen LogP) is 1.48. The van der Waals surface area contributed by atoms with Gasteiger partial charge in [-0.05, 0) is 29.7 Å². The van der Waals surface area contributed by atoms with Crippen LogP contribution in [-0.2, 0) is 13.0 Å². The van der Waals surface area contributed by atoms with Crippen molar-refractivity contribution in [1.82, 2.24) is 5.32 Å². The lowest BCUT2D eigenvalue weighted by Crippen LogP contribution is -2.39. The molecule has 21 heavy (non-hydrogen) atoms. The second-order valence-corrected chi connectivity index (χ2v) is 4.94. The van der Waals surface area contributed by atoms with Gasteiger partial charge in [0.15, 0.2) is 0 Å². The zero-order chi connectivity index (χ0) is 15.1. The minimum atomic E-state index is -0.297. The van der Waals surface area contributed by atoms with E-state index in [-0.39, 0.29) is 18.6 Å². The molecule has 1 amide bonds. The van der Waals surface area contributed by atoms with Gasteiger partial charge in [0.2, 0.25) is 0 Å². The number of hydrogen-bond donors (Lipinski definition) is 3. The first-order chi connectivity index (χ1) is 10.2. The van der Waals surface area contributed by atoms with Crippen LogP contribution >= 0.6 is 0 Å². The molecular formula is C17H20N2O2. The molecule has 0 saturated heterocycles. The summed E-state index contributed by atoms with van der Waals surface area (Å²) < 4.78 is 0. The van der Waals surface area contributed by atoms with Crippen LogP contribution in [0.15, 0.2) is 54.6 Å². The van der Waals surface area contributed by atoms with Gasteiger partial charge < -0.3 is 16.2 Å². The van der Waals surface area contributed by atoms with Crippen molar-refractivity contribution in [3.05, 3.63) is 71.3 Å². The average molecular weight is 284 g/mol. The largest absolute Gasteiger partial charge is 0.394 e. The highest BCUT2D eigenvalue weighted by Crippen LogP contribution is 2.06. The molecule has 4 N–H and O–H groups in total. The van der Waals surface area contributed by atoms with Crippen LogP contribution in [0.25, 0.3) is 0 Å². The van der Waals surface area contributed by atoms with E-state index in [0.29, 0.717) is 18.5 Å². The van der Waals surface area contributed by atoms with E-state index in [9.17, 15) is 9.90 Å². The maximum absolute atomic E-state index is 12.2. The molecule has 0 radical (unpaired) electrons. The van der Waals surface area contributed by atoms with Gasteiger partial charge in [-0.25, -0.2) is 0 Å². The second kappa shape index (κ2) is 7.57. The third-order valence-electron chi connectivity index (χ3n) is 3.33. The van der Waals surface area contributed by atoms with Crippen molar-refractivity contribution in [2.75, 3.05) is 6.61 Å². The van der Waals surface area contributed by atoms with Crippen molar-refractivity contribution in [2.24, 2.45) is 5.73 Å². The van der Waals surface area contributed by atoms with Gasteiger partial charge in [-0.15, -0.1) is 0 Å². The fourth-order valence-electron chi connectivity index (χ4n) is 2.12. The van der Waals surface area contributed by atoms with Crippen LogP contribution in [0.1, 0.15) is 21.5 Å². The maximum Gasteiger partial charge on any atom is 0.251 e. The molecule has 0 aliphatic carbocycles. The molecule has 1 unspecified atom stereocenters. The molecule has 2 aromatic rings. The highest BCUT2D eigenvalue weighted by molar-refractivity contribution is 5.94. The number of hydrogen-bond acceptors (Lipinski definition) is 3. The highest BCUT2D eigenvalue weighted by Gasteiger charge is 2.13. The number of carbonyl (C=O) groups is 1. The smallest absolute Gasteiger partial charge is 0.251 e. The van der Waals surface area contributed by atoms with Crippen LogP contribution in [0, 0.1) is 0 Å². The molecule has 0 aliphatic heterocycles. The van der Waals surface area contributed by atoms with Crippen LogP contribution < -0.4 is 11.1 Å². The number of nitrogens with one attached hydrogen (secondary N) is 1. The molecule has 4 nitrogen and oxygen atoms in total. The van der Waals surface area contributed by atoms with E-state index in [2.05, 4.69) is 5.32 Å². The number of aliphatic hydroxyl groups is 1. The summed E-state index contributed by atoms with van der Waals surface area (Å²) in [6.07, 6.45) is 0.601. The first-order valence-corrected chi connectivity index (χ1v) is 6.97. The summed E-state index contributed by atoms with van der Waals surface area (Å²) in [7, 11) is 0. The van der Waals surface area contributed by atoms with E-state index in [0.717, 1.165) is 11.1 Å². The standard InChI is InChI=1S/C17H20N2O2/c18-11-14-6-8-15(9-7-14)17(21)19-16(12-20)10-13-4-2-1-3-5-13/h1-9,16,20H,10-12,18H2,(H,19,21). The highest BCUT2D eigenvalue weighted by atomic mass is 16.3. The Kier molecular flexibility index (Phi) is 5.49. The van der Waals surface area contributed by atoms with Crippen LogP contribution in [0.2, 0.25) is 0 Å². The predicted molar refractivity (Wildman–Crippen MR) is 82.8 cm³/mol. The Bertz CT molecular complexity index is 567. The molecule has 0 aliphatic rings. The normalized spacial score (nSPS) is 11.9. The Hall–Kier alpha value is -2.17. The Morgan fingerprint density at radius 1 is 1.05 bits per heavy atom. The zero-order valence-electron chi connectivity index (χ0n) is 11.8. The molecular weight excluding hydrogens is 264 g/mol. The Balaban J connectivity index is 1.98. The van der Waals surface area contributed by atoms with Gasteiger partial charge in [-0.3, -0.25) is 4.79 Å². The number of carbonyl (C=O) groups excluding carboxylic acids is 1. The minimum Gasteiger partial charge on any atom is -0.394 e. The van der Waals surface area contributed by atoms with Gasteiger partial charge in [0, 0.05) is 12.1 Å². The summed E-state index contributed by atoms with van der Waals surface area (Å²) in [6, 6.07) is 16.6. The van der Waals surface area contributed by atoms with E-state index in [4.69, 9.17) is 5.73 Å². The number of benzene rings is 2. The van der Waals surface area contributed by atoms with Gasteiger partial charge in [0.05, 0.1) is 12.6 Å². The van der Waals surface area contributed by atoms with Crippen molar-refractivity contribution >= 4 is 5.91 Å². The van der Waals surface area contributed by atoms with E-state index in [1.54, 1.807) is 12.1 Å². The molecule has 0 bridgehead atoms. The minimum absolute atomic E-state index is 0.0957. The van der Waals surface area contributed by atoms with E-state index >= 15 is 0 Å². The van der Waals surface area contributed by atoms with Crippen molar-refractivity contribution in [2.45, 2.75) is 19.0 Å². The Morgan fingerprint density at radius 3 is 2.29 bits per heavy atom. The van der Waals surface area contributed by atoms with Gasteiger partial charge in [0.1, 0.15) is 0 Å². The van der Waals surface area contributed by atoms with Gasteiger partial charge in [-0.2, -0.15) is 0 Å². The molecule has 2 rings (SSSR count). The van der Waals surface area contributed by atoms with Crippen LogP contribution in [0.5, 0.6) is 0 Å². The number of rotatable bonds is 6. The molecule has 0 aromatic heterocycles. The molecule has 0 fully saturated rings. The first kappa shape index (κ1) is 15.2. The molecule has 2 aromatic carbocycles. The molecule has 1 atom stereocenters. The summed E-state index contributed by atoms with van der Waals surface area (Å²) in [5.41, 5.74) is 8.16. The SMILES string of the molecule is NCc1ccc(C(=O)NC(CO)Cc2ccccc2)cc1. The fourth-order valence-corrected chi connectivity index (χ4v) is 2.12. The van der Waals surface area contributed by atoms with E-state index in [1.807, 2.05) is 42.5 Å². The summed E-state index contributed by atoms with van der Waals surface area (Å²) in [4.78, 5) is 12.2. The lowest BCUT2D eigenvalue weighted by molar-refractivity contribution is 0.0916. The lowest BCUT2D eigenvalue weighted by Gasteiger charge is -2.16. The summed E-state index contributed by atoms with van der Waals surface area (Å²) in [5, 5.41) is 12.3. The first-order valence-electron chi connectivity index (χ1n) is 6.97. The molecule has 0 spiro atoms. The third kappa shape index (κ3) is 4.41. The lowest BCUT2D eigenvalue weighted by atomic mass is 10.1. The summed E-state index contributed by atoms with van der Waals surface area (Å²) in [5.74, 6) is -0.187. The molecule has 110 valence electrons. The van der Waals surface area contributed by atoms with Crippen molar-refractivity contribution in [3.63, 3.8) is 0 Å². The number of nitrogens with two attached hydrogens (primary N) is 1. The Morgan fingerprint density at radius 2 is 1.71 bits per heavy atom. The fraction of sp³-hybridized carbons (Fsp3) is 0.235. The molecule has 0 heterocycles. The van der Waals surface area contributed by atoms with Crippen LogP contribution in [0.4, 0.5) is 0 Å². The van der Waals surface area contributed by atoms with E-state index in [1.165, 1.54) is 0 Å². The number of aliphatic hydroxyl groups excluding tert-OH is 1. The molecule has 0 saturated carbocycles. The van der Waals surface area contributed by atoms with E-state index < -0.39 is 0 Å². The summed E-state index contributed by atoms with van der Waals surface area (Å²) >= 11 is 0. The quantitative estimate of drug-likeness (QED) is 0.752. The van der Waals surface area contributed by atoms with Gasteiger partial charge in [0.25, 0.3) is 5.91 Å².